The number of carbonyl (C=O) groups is 1. The molecule has 2 heterocycles. The van der Waals surface area contributed by atoms with Crippen LogP contribution in [0.15, 0.2) is 48.5 Å². The molecule has 2 atom stereocenters. The first-order valence-corrected chi connectivity index (χ1v) is 7.89. The molecule has 0 spiro atoms. The number of benzene rings is 2. The number of fused-ring (bicyclic) bond motifs is 3. The van der Waals surface area contributed by atoms with E-state index in [4.69, 9.17) is 4.74 Å². The van der Waals surface area contributed by atoms with Gasteiger partial charge in [-0.25, -0.2) is 0 Å². The number of nitrogens with one attached hydrogen (secondary N) is 2. The highest BCUT2D eigenvalue weighted by atomic mass is 16.5. The van der Waals surface area contributed by atoms with E-state index in [9.17, 15) is 9.90 Å². The van der Waals surface area contributed by atoms with Gasteiger partial charge < -0.3 is 14.8 Å². The molecule has 5 heteroatoms. The van der Waals surface area contributed by atoms with Gasteiger partial charge in [-0.15, -0.1) is 0 Å². The summed E-state index contributed by atoms with van der Waals surface area (Å²) in [5.74, 6) is -0.0503. The maximum Gasteiger partial charge on any atom is 0.323 e. The molecule has 2 aromatic carbocycles. The maximum absolute atomic E-state index is 12.1. The molecular weight excluding hydrogens is 304 g/mol. The number of phenolic OH excluding ortho intramolecular Hbond substituents is 1. The minimum atomic E-state index is -0.402. The average molecular weight is 322 g/mol. The molecule has 0 radical (unpaired) electrons. The van der Waals surface area contributed by atoms with Crippen molar-refractivity contribution in [3.05, 3.63) is 65.4 Å². The first kappa shape index (κ1) is 14.8. The zero-order valence-corrected chi connectivity index (χ0v) is 13.2. The first-order chi connectivity index (χ1) is 11.7. The Bertz CT molecular complexity index is 899. The minimum Gasteiger partial charge on any atom is -0.508 e. The quantitative estimate of drug-likeness (QED) is 0.634. The summed E-state index contributed by atoms with van der Waals surface area (Å²) in [6.45, 7) is 0. The number of hydrogen-bond donors (Lipinski definition) is 3. The first-order valence-electron chi connectivity index (χ1n) is 7.89. The van der Waals surface area contributed by atoms with Crippen molar-refractivity contribution in [2.24, 2.45) is 0 Å². The molecule has 122 valence electrons. The second-order valence-electron chi connectivity index (χ2n) is 6.03. The molecular formula is C19H18N2O3. The number of para-hydroxylation sites is 1. The summed E-state index contributed by atoms with van der Waals surface area (Å²) in [4.78, 5) is 15.6. The van der Waals surface area contributed by atoms with Crippen LogP contribution in [0.4, 0.5) is 0 Å². The number of aromatic nitrogens is 1. The maximum atomic E-state index is 12.1. The standard InChI is InChI=1S/C19H18N2O3/c1-24-19(23)16-10-14-13-4-2-3-5-15(13)20-18(14)17(21-16)11-6-8-12(22)9-7-11/h2-9,16-17,20-22H,10H2,1H3/t16-,17-/m0/s1. The summed E-state index contributed by atoms with van der Waals surface area (Å²) < 4.78 is 4.95. The van der Waals surface area contributed by atoms with Crippen molar-refractivity contribution >= 4 is 16.9 Å². The molecule has 24 heavy (non-hydrogen) atoms. The molecule has 0 unspecified atom stereocenters. The Morgan fingerprint density at radius 1 is 1.17 bits per heavy atom. The van der Waals surface area contributed by atoms with Gasteiger partial charge in [-0.1, -0.05) is 30.3 Å². The number of aromatic amines is 1. The van der Waals surface area contributed by atoms with Gasteiger partial charge in [-0.3, -0.25) is 10.1 Å². The molecule has 1 aromatic heterocycles. The largest absolute Gasteiger partial charge is 0.508 e. The lowest BCUT2D eigenvalue weighted by atomic mass is 9.90. The number of methoxy groups -OCH3 is 1. The van der Waals surface area contributed by atoms with Gasteiger partial charge >= 0.3 is 5.97 Å². The van der Waals surface area contributed by atoms with Gasteiger partial charge in [-0.05, 0) is 29.3 Å². The van der Waals surface area contributed by atoms with Crippen molar-refractivity contribution in [1.82, 2.24) is 10.3 Å². The van der Waals surface area contributed by atoms with Crippen LogP contribution in [0.25, 0.3) is 10.9 Å². The van der Waals surface area contributed by atoms with Crippen molar-refractivity contribution in [3.63, 3.8) is 0 Å². The topological polar surface area (TPSA) is 74.4 Å². The van der Waals surface area contributed by atoms with Gasteiger partial charge in [0, 0.05) is 23.0 Å². The van der Waals surface area contributed by atoms with Crippen LogP contribution in [-0.4, -0.2) is 29.2 Å². The number of esters is 1. The normalized spacial score (nSPS) is 19.9. The molecule has 5 nitrogen and oxygen atoms in total. The molecule has 1 aliphatic heterocycles. The molecule has 0 saturated heterocycles. The van der Waals surface area contributed by atoms with Crippen LogP contribution in [0.3, 0.4) is 0 Å². The Labute approximate surface area is 139 Å². The molecule has 3 aromatic rings. The summed E-state index contributed by atoms with van der Waals surface area (Å²) in [6, 6.07) is 14.6. The number of rotatable bonds is 2. The third-order valence-corrected chi connectivity index (χ3v) is 4.62. The van der Waals surface area contributed by atoms with E-state index in [1.165, 1.54) is 7.11 Å². The van der Waals surface area contributed by atoms with Crippen LogP contribution in [0.5, 0.6) is 5.75 Å². The lowest BCUT2D eigenvalue weighted by Crippen LogP contribution is -2.45. The number of phenols is 1. The van der Waals surface area contributed by atoms with E-state index in [0.29, 0.717) is 6.42 Å². The second-order valence-corrected chi connectivity index (χ2v) is 6.03. The summed E-state index contributed by atoms with van der Waals surface area (Å²) in [7, 11) is 1.41. The van der Waals surface area contributed by atoms with Gasteiger partial charge in [0.05, 0.1) is 13.2 Å². The Kier molecular flexibility index (Phi) is 3.50. The summed E-state index contributed by atoms with van der Waals surface area (Å²) in [5, 5.41) is 14.0. The predicted molar refractivity (Wildman–Crippen MR) is 90.9 cm³/mol. The average Bonchev–Trinajstić information content (AvgIpc) is 2.99. The molecule has 4 rings (SSSR count). The molecule has 0 bridgehead atoms. The SMILES string of the molecule is COC(=O)[C@@H]1Cc2c([nH]c3ccccc23)[C@H](c2ccc(O)cc2)N1. The van der Waals surface area contributed by atoms with Crippen LogP contribution in [0.2, 0.25) is 0 Å². The van der Waals surface area contributed by atoms with Gasteiger partial charge in [0.2, 0.25) is 0 Å². The van der Waals surface area contributed by atoms with E-state index in [1.807, 2.05) is 30.3 Å². The van der Waals surface area contributed by atoms with E-state index in [-0.39, 0.29) is 17.8 Å². The van der Waals surface area contributed by atoms with Crippen LogP contribution in [0, 0.1) is 0 Å². The van der Waals surface area contributed by atoms with Crippen molar-refractivity contribution in [1.29, 1.82) is 0 Å². The third kappa shape index (κ3) is 2.34. The van der Waals surface area contributed by atoms with Crippen molar-refractivity contribution in [2.75, 3.05) is 7.11 Å². The zero-order chi connectivity index (χ0) is 16.7. The third-order valence-electron chi connectivity index (χ3n) is 4.62. The minimum absolute atomic E-state index is 0.161. The van der Waals surface area contributed by atoms with Crippen molar-refractivity contribution in [2.45, 2.75) is 18.5 Å². The van der Waals surface area contributed by atoms with Crippen LogP contribution in [-0.2, 0) is 16.0 Å². The Balaban J connectivity index is 1.86. The highest BCUT2D eigenvalue weighted by Gasteiger charge is 2.34. The zero-order valence-electron chi connectivity index (χ0n) is 13.2. The fourth-order valence-corrected chi connectivity index (χ4v) is 3.46. The molecule has 1 aliphatic rings. The van der Waals surface area contributed by atoms with E-state index >= 15 is 0 Å². The molecule has 0 amide bonds. The fraction of sp³-hybridized carbons (Fsp3) is 0.211. The summed E-state index contributed by atoms with van der Waals surface area (Å²) >= 11 is 0. The van der Waals surface area contributed by atoms with Crippen LogP contribution in [0.1, 0.15) is 22.9 Å². The van der Waals surface area contributed by atoms with E-state index in [2.05, 4.69) is 16.4 Å². The Hall–Kier alpha value is -2.79. The lowest BCUT2D eigenvalue weighted by molar-refractivity contribution is -0.143. The van der Waals surface area contributed by atoms with Crippen molar-refractivity contribution in [3.8, 4) is 5.75 Å². The Morgan fingerprint density at radius 2 is 1.92 bits per heavy atom. The monoisotopic (exact) mass is 322 g/mol. The van der Waals surface area contributed by atoms with Gasteiger partial charge in [-0.2, -0.15) is 0 Å². The van der Waals surface area contributed by atoms with Gasteiger partial charge in [0.25, 0.3) is 0 Å². The Morgan fingerprint density at radius 3 is 2.67 bits per heavy atom. The number of hydrogen-bond acceptors (Lipinski definition) is 4. The second kappa shape index (κ2) is 5.69. The van der Waals surface area contributed by atoms with Gasteiger partial charge in [0.15, 0.2) is 0 Å². The lowest BCUT2D eigenvalue weighted by Gasteiger charge is -2.30. The predicted octanol–water partition coefficient (Wildman–Crippen LogP) is 2.65. The van der Waals surface area contributed by atoms with Gasteiger partial charge in [0.1, 0.15) is 11.8 Å². The highest BCUT2D eigenvalue weighted by Crippen LogP contribution is 2.35. The number of H-pyrrole nitrogens is 1. The molecule has 0 aliphatic carbocycles. The molecule has 0 fully saturated rings. The smallest absolute Gasteiger partial charge is 0.323 e. The van der Waals surface area contributed by atoms with Crippen LogP contribution < -0.4 is 5.32 Å². The van der Waals surface area contributed by atoms with Crippen LogP contribution >= 0.6 is 0 Å². The molecule has 3 N–H and O–H groups in total. The molecule has 0 saturated carbocycles. The fourth-order valence-electron chi connectivity index (χ4n) is 3.46. The summed E-state index contributed by atoms with van der Waals surface area (Å²) in [6.07, 6.45) is 0.584. The van der Waals surface area contributed by atoms with Crippen molar-refractivity contribution < 1.29 is 14.6 Å². The summed E-state index contributed by atoms with van der Waals surface area (Å²) in [5.41, 5.74) is 4.23. The van der Waals surface area contributed by atoms with E-state index < -0.39 is 6.04 Å². The number of aromatic hydroxyl groups is 1. The van der Waals surface area contributed by atoms with E-state index in [0.717, 1.165) is 27.7 Å². The number of ether oxygens (including phenoxy) is 1. The highest BCUT2D eigenvalue weighted by molar-refractivity contribution is 5.87. The van der Waals surface area contributed by atoms with E-state index in [1.54, 1.807) is 12.1 Å². The number of carbonyl (C=O) groups excluding carboxylic acids is 1.